The van der Waals surface area contributed by atoms with Crippen LogP contribution in [0.3, 0.4) is 0 Å². The molecule has 5 heteroatoms. The second-order valence-electron chi connectivity index (χ2n) is 4.40. The molecule has 15 heavy (non-hydrogen) atoms. The van der Waals surface area contributed by atoms with E-state index in [2.05, 4.69) is 46.1 Å². The first kappa shape index (κ1) is 9.76. The maximum absolute atomic E-state index is 4.31. The predicted octanol–water partition coefficient (Wildman–Crippen LogP) is 1.56. The summed E-state index contributed by atoms with van der Waals surface area (Å²) in [5.74, 6) is 0.828. The van der Waals surface area contributed by atoms with Gasteiger partial charge in [0.15, 0.2) is 0 Å². The molecule has 0 unspecified atom stereocenters. The molecule has 0 saturated carbocycles. The lowest BCUT2D eigenvalue weighted by molar-refractivity contribution is 0.545. The van der Waals surface area contributed by atoms with Crippen LogP contribution >= 0.6 is 0 Å². The van der Waals surface area contributed by atoms with Gasteiger partial charge in [-0.05, 0) is 0 Å². The molecule has 2 heterocycles. The first-order valence-electron chi connectivity index (χ1n) is 4.76. The van der Waals surface area contributed by atoms with E-state index in [0.29, 0.717) is 0 Å². The molecule has 0 aliphatic rings. The molecule has 0 bridgehead atoms. The number of rotatable bonds is 1. The molecule has 0 spiro atoms. The maximum atomic E-state index is 4.31. The Balaban J connectivity index is 2.33. The number of aromatic amines is 1. The molecule has 0 radical (unpaired) electrons. The number of nitrogens with one attached hydrogen (secondary N) is 1. The fraction of sp³-hybridized carbons (Fsp3) is 0.400. The van der Waals surface area contributed by atoms with Gasteiger partial charge in [-0.3, -0.25) is 0 Å². The van der Waals surface area contributed by atoms with Gasteiger partial charge in [0.25, 0.3) is 0 Å². The number of H-pyrrole nitrogens is 1. The van der Waals surface area contributed by atoms with Crippen molar-refractivity contribution in [1.29, 1.82) is 0 Å². The Morgan fingerprint density at radius 2 is 1.73 bits per heavy atom. The van der Waals surface area contributed by atoms with Crippen molar-refractivity contribution < 1.29 is 0 Å². The molecule has 0 aromatic carbocycles. The number of hydrogen-bond donors (Lipinski definition) is 1. The van der Waals surface area contributed by atoms with Crippen LogP contribution in [0.25, 0.3) is 11.3 Å². The van der Waals surface area contributed by atoms with Gasteiger partial charge in [-0.15, -0.1) is 0 Å². The molecular formula is C10H13N5. The average Bonchev–Trinajstić information content (AvgIpc) is 2.69. The number of aromatic nitrogens is 5. The molecule has 1 N–H and O–H groups in total. The molecule has 0 atom stereocenters. The van der Waals surface area contributed by atoms with E-state index in [1.54, 1.807) is 18.6 Å². The first-order chi connectivity index (χ1) is 7.07. The normalized spacial score (nSPS) is 11.7. The van der Waals surface area contributed by atoms with E-state index in [9.17, 15) is 0 Å². The Morgan fingerprint density at radius 1 is 1.07 bits per heavy atom. The lowest BCUT2D eigenvalue weighted by Gasteiger charge is -2.15. The topological polar surface area (TPSA) is 67.3 Å². The summed E-state index contributed by atoms with van der Waals surface area (Å²) in [4.78, 5) is 8.63. The lowest BCUT2D eigenvalue weighted by Crippen LogP contribution is -2.15. The van der Waals surface area contributed by atoms with Crippen molar-refractivity contribution in [1.82, 2.24) is 25.4 Å². The summed E-state index contributed by atoms with van der Waals surface area (Å²) in [6.45, 7) is 6.24. The van der Waals surface area contributed by atoms with Crippen LogP contribution in [-0.2, 0) is 5.41 Å². The van der Waals surface area contributed by atoms with Gasteiger partial charge in [-0.25, -0.2) is 9.97 Å². The van der Waals surface area contributed by atoms with Crippen LogP contribution in [0.5, 0.6) is 0 Å². The predicted molar refractivity (Wildman–Crippen MR) is 56.1 cm³/mol. The van der Waals surface area contributed by atoms with Crippen molar-refractivity contribution in [2.24, 2.45) is 0 Å². The summed E-state index contributed by atoms with van der Waals surface area (Å²) in [6.07, 6.45) is 5.19. The average molecular weight is 203 g/mol. The highest BCUT2D eigenvalue weighted by atomic mass is 15.3. The van der Waals surface area contributed by atoms with E-state index in [1.807, 2.05) is 0 Å². The Labute approximate surface area is 88.0 Å². The van der Waals surface area contributed by atoms with Crippen molar-refractivity contribution in [3.8, 4) is 11.3 Å². The fourth-order valence-electron chi connectivity index (χ4n) is 1.19. The third-order valence-corrected chi connectivity index (χ3v) is 2.03. The molecule has 0 aliphatic carbocycles. The highest BCUT2D eigenvalue weighted by molar-refractivity contribution is 5.54. The second kappa shape index (κ2) is 3.42. The zero-order chi connectivity index (χ0) is 10.9. The van der Waals surface area contributed by atoms with Gasteiger partial charge in [-0.1, -0.05) is 20.8 Å². The van der Waals surface area contributed by atoms with Gasteiger partial charge in [0.05, 0.1) is 6.20 Å². The summed E-state index contributed by atoms with van der Waals surface area (Å²) < 4.78 is 0. The molecule has 0 saturated heterocycles. The third-order valence-electron chi connectivity index (χ3n) is 2.03. The monoisotopic (exact) mass is 203 g/mol. The fourth-order valence-corrected chi connectivity index (χ4v) is 1.19. The Bertz CT molecular complexity index is 424. The van der Waals surface area contributed by atoms with Crippen molar-refractivity contribution in [3.63, 3.8) is 0 Å². The van der Waals surface area contributed by atoms with E-state index >= 15 is 0 Å². The Kier molecular flexibility index (Phi) is 2.22. The van der Waals surface area contributed by atoms with E-state index in [1.165, 1.54) is 0 Å². The molecule has 78 valence electrons. The van der Waals surface area contributed by atoms with Crippen LogP contribution in [0.15, 0.2) is 18.6 Å². The summed E-state index contributed by atoms with van der Waals surface area (Å²) in [6, 6.07) is 0. The van der Waals surface area contributed by atoms with Crippen LogP contribution in [0.2, 0.25) is 0 Å². The van der Waals surface area contributed by atoms with Crippen molar-refractivity contribution in [2.45, 2.75) is 26.2 Å². The Hall–Kier alpha value is -1.78. The highest BCUT2D eigenvalue weighted by Crippen LogP contribution is 2.19. The summed E-state index contributed by atoms with van der Waals surface area (Å²) in [5, 5.41) is 10.3. The minimum absolute atomic E-state index is 0.0254. The van der Waals surface area contributed by atoms with Crippen molar-refractivity contribution in [2.75, 3.05) is 0 Å². The van der Waals surface area contributed by atoms with Crippen LogP contribution in [0.4, 0.5) is 0 Å². The standard InChI is InChI=1S/C10H13N5/c1-10(2,3)9-11-4-7(5-12-9)8-6-13-15-14-8/h4-6H,1-3H3,(H,13,14,15). The van der Waals surface area contributed by atoms with Gasteiger partial charge >= 0.3 is 0 Å². The van der Waals surface area contributed by atoms with E-state index in [-0.39, 0.29) is 5.41 Å². The van der Waals surface area contributed by atoms with E-state index in [4.69, 9.17) is 0 Å². The quantitative estimate of drug-likeness (QED) is 0.763. The molecule has 0 aliphatic heterocycles. The Morgan fingerprint density at radius 3 is 2.20 bits per heavy atom. The van der Waals surface area contributed by atoms with Crippen molar-refractivity contribution >= 4 is 0 Å². The minimum atomic E-state index is -0.0254. The van der Waals surface area contributed by atoms with Crippen LogP contribution < -0.4 is 0 Å². The van der Waals surface area contributed by atoms with Crippen LogP contribution in [0.1, 0.15) is 26.6 Å². The molecule has 0 amide bonds. The van der Waals surface area contributed by atoms with Gasteiger partial charge < -0.3 is 0 Å². The minimum Gasteiger partial charge on any atom is -0.240 e. The molecule has 0 fully saturated rings. The summed E-state index contributed by atoms with van der Waals surface area (Å²) in [7, 11) is 0. The lowest BCUT2D eigenvalue weighted by atomic mass is 9.96. The molecular weight excluding hydrogens is 190 g/mol. The second-order valence-corrected chi connectivity index (χ2v) is 4.40. The highest BCUT2D eigenvalue weighted by Gasteiger charge is 2.16. The largest absolute Gasteiger partial charge is 0.240 e. The van der Waals surface area contributed by atoms with Crippen LogP contribution in [-0.4, -0.2) is 25.4 Å². The SMILES string of the molecule is CC(C)(C)c1ncc(-c2cn[nH]n2)cn1. The number of hydrogen-bond acceptors (Lipinski definition) is 4. The van der Waals surface area contributed by atoms with Gasteiger partial charge in [0.1, 0.15) is 11.5 Å². The van der Waals surface area contributed by atoms with Crippen LogP contribution in [0, 0.1) is 0 Å². The number of nitrogens with zero attached hydrogens (tertiary/aromatic N) is 4. The van der Waals surface area contributed by atoms with Gasteiger partial charge in [-0.2, -0.15) is 15.4 Å². The molecule has 2 aromatic rings. The van der Waals surface area contributed by atoms with E-state index < -0.39 is 0 Å². The molecule has 2 rings (SSSR count). The first-order valence-corrected chi connectivity index (χ1v) is 4.76. The summed E-state index contributed by atoms with van der Waals surface area (Å²) >= 11 is 0. The zero-order valence-electron chi connectivity index (χ0n) is 9.02. The van der Waals surface area contributed by atoms with Gasteiger partial charge in [0, 0.05) is 23.4 Å². The maximum Gasteiger partial charge on any atom is 0.133 e. The summed E-state index contributed by atoms with van der Waals surface area (Å²) in [5.41, 5.74) is 1.61. The van der Waals surface area contributed by atoms with Gasteiger partial charge in [0.2, 0.25) is 0 Å². The third kappa shape index (κ3) is 2.01. The smallest absolute Gasteiger partial charge is 0.133 e. The van der Waals surface area contributed by atoms with Crippen molar-refractivity contribution in [3.05, 3.63) is 24.4 Å². The van der Waals surface area contributed by atoms with E-state index in [0.717, 1.165) is 17.1 Å². The molecule has 2 aromatic heterocycles. The molecule has 5 nitrogen and oxygen atoms in total. The zero-order valence-corrected chi connectivity index (χ0v) is 9.02.